The lowest BCUT2D eigenvalue weighted by atomic mass is 10.1. The Bertz CT molecular complexity index is 1090. The van der Waals surface area contributed by atoms with E-state index in [1.807, 2.05) is 25.1 Å². The zero-order chi connectivity index (χ0) is 20.2. The lowest BCUT2D eigenvalue weighted by molar-refractivity contribution is 0.198. The molecule has 4 aromatic rings. The Morgan fingerprint density at radius 1 is 1.10 bits per heavy atom. The Hall–Kier alpha value is -3.46. The second-order valence-corrected chi connectivity index (χ2v) is 6.84. The summed E-state index contributed by atoms with van der Waals surface area (Å²) in [5, 5.41) is 8.39. The molecule has 0 amide bonds. The highest BCUT2D eigenvalue weighted by molar-refractivity contribution is 5.85. The fourth-order valence-electron chi connectivity index (χ4n) is 3.08. The van der Waals surface area contributed by atoms with Crippen molar-refractivity contribution in [3.05, 3.63) is 47.7 Å². The Kier molecular flexibility index (Phi) is 5.39. The van der Waals surface area contributed by atoms with E-state index in [1.54, 1.807) is 23.1 Å². The molecule has 1 fully saturated rings. The summed E-state index contributed by atoms with van der Waals surface area (Å²) in [5.41, 5.74) is 16.2. The van der Waals surface area contributed by atoms with Gasteiger partial charge in [0, 0.05) is 18.9 Å². The van der Waals surface area contributed by atoms with Crippen molar-refractivity contribution in [2.45, 2.75) is 26.3 Å². The van der Waals surface area contributed by atoms with E-state index in [2.05, 4.69) is 20.3 Å². The third kappa shape index (κ3) is 4.19. The van der Waals surface area contributed by atoms with Crippen LogP contribution in [0.1, 0.15) is 24.0 Å². The molecule has 0 radical (unpaired) electrons. The van der Waals surface area contributed by atoms with Crippen LogP contribution in [0, 0.1) is 6.92 Å². The number of nitrogen functional groups attached to an aromatic ring is 2. The van der Waals surface area contributed by atoms with Crippen LogP contribution in [0.2, 0.25) is 0 Å². The topological polar surface area (TPSA) is 131 Å². The van der Waals surface area contributed by atoms with Crippen LogP contribution >= 0.6 is 0 Å². The van der Waals surface area contributed by atoms with Gasteiger partial charge in [-0.2, -0.15) is 4.98 Å². The van der Waals surface area contributed by atoms with Gasteiger partial charge in [-0.15, -0.1) is 5.10 Å². The summed E-state index contributed by atoms with van der Waals surface area (Å²) in [7, 11) is 0. The summed E-state index contributed by atoms with van der Waals surface area (Å²) in [6.45, 7) is 4.47. The highest BCUT2D eigenvalue weighted by atomic mass is 16.5. The number of nitrogens with two attached hydrogens (primary N) is 2. The van der Waals surface area contributed by atoms with Crippen LogP contribution in [-0.2, 0) is 11.3 Å². The summed E-state index contributed by atoms with van der Waals surface area (Å²) in [6, 6.07) is 9.42. The van der Waals surface area contributed by atoms with Crippen molar-refractivity contribution < 1.29 is 9.15 Å². The minimum Gasteiger partial charge on any atom is -0.463 e. The number of furan rings is 1. The molecule has 4 heterocycles. The molecular formula is C20H23N7O2. The molecule has 0 saturated carbocycles. The SMILES string of the molecule is C1CCOC1.Cc1cc(Cn2nnc3c(-c4ccco4)nc(N)nc32)ccc1N. The molecule has 1 aliphatic heterocycles. The molecule has 3 aromatic heterocycles. The quantitative estimate of drug-likeness (QED) is 0.508. The number of aromatic nitrogens is 5. The van der Waals surface area contributed by atoms with E-state index in [0.29, 0.717) is 29.2 Å². The number of anilines is 2. The average Bonchev–Trinajstić information content (AvgIpc) is 3.48. The van der Waals surface area contributed by atoms with Gasteiger partial charge >= 0.3 is 0 Å². The predicted molar refractivity (Wildman–Crippen MR) is 110 cm³/mol. The molecule has 1 saturated heterocycles. The first-order chi connectivity index (χ1) is 14.1. The van der Waals surface area contributed by atoms with Crippen molar-refractivity contribution in [1.29, 1.82) is 0 Å². The van der Waals surface area contributed by atoms with Crippen molar-refractivity contribution in [2.24, 2.45) is 0 Å². The van der Waals surface area contributed by atoms with Crippen molar-refractivity contribution in [1.82, 2.24) is 25.0 Å². The molecule has 0 bridgehead atoms. The normalized spacial score (nSPS) is 13.4. The van der Waals surface area contributed by atoms with E-state index in [1.165, 1.54) is 12.8 Å². The molecule has 1 aliphatic rings. The fraction of sp³-hybridized carbons (Fsp3) is 0.300. The second kappa shape index (κ2) is 8.27. The van der Waals surface area contributed by atoms with Crippen LogP contribution in [0.5, 0.6) is 0 Å². The highest BCUT2D eigenvalue weighted by Crippen LogP contribution is 2.25. The number of rotatable bonds is 3. The van der Waals surface area contributed by atoms with Gasteiger partial charge in [0.2, 0.25) is 5.95 Å². The summed E-state index contributed by atoms with van der Waals surface area (Å²) < 4.78 is 12.0. The van der Waals surface area contributed by atoms with Gasteiger partial charge in [0.1, 0.15) is 5.69 Å². The molecule has 150 valence electrons. The monoisotopic (exact) mass is 393 g/mol. The van der Waals surface area contributed by atoms with Gasteiger partial charge < -0.3 is 20.6 Å². The lowest BCUT2D eigenvalue weighted by Gasteiger charge is -2.06. The summed E-state index contributed by atoms with van der Waals surface area (Å²) >= 11 is 0. The number of hydrogen-bond acceptors (Lipinski definition) is 8. The van der Waals surface area contributed by atoms with Gasteiger partial charge in [0.15, 0.2) is 16.9 Å². The number of benzene rings is 1. The number of ether oxygens (including phenoxy) is 1. The standard InChI is InChI=1S/C16H15N7O.C4H8O/c1-9-7-10(4-5-11(9)17)8-23-15-14(21-22-23)13(19-16(18)20-15)12-3-2-6-24-12;1-2-4-5-3-1/h2-7H,8,17H2,1H3,(H2,18,19,20);1-4H2. The maximum Gasteiger partial charge on any atom is 0.222 e. The molecule has 5 rings (SSSR count). The van der Waals surface area contributed by atoms with Gasteiger partial charge in [0.25, 0.3) is 0 Å². The van der Waals surface area contributed by atoms with Gasteiger partial charge in [-0.05, 0) is 49.1 Å². The number of hydrogen-bond donors (Lipinski definition) is 2. The largest absolute Gasteiger partial charge is 0.463 e. The number of nitrogens with zero attached hydrogens (tertiary/aromatic N) is 5. The molecule has 0 atom stereocenters. The first-order valence-corrected chi connectivity index (χ1v) is 9.45. The van der Waals surface area contributed by atoms with Crippen molar-refractivity contribution in [3.63, 3.8) is 0 Å². The summed E-state index contributed by atoms with van der Waals surface area (Å²) in [4.78, 5) is 8.51. The van der Waals surface area contributed by atoms with Crippen LogP contribution in [0.3, 0.4) is 0 Å². The van der Waals surface area contributed by atoms with E-state index >= 15 is 0 Å². The molecule has 9 nitrogen and oxygen atoms in total. The molecule has 4 N–H and O–H groups in total. The number of fused-ring (bicyclic) bond motifs is 1. The molecule has 29 heavy (non-hydrogen) atoms. The first kappa shape index (κ1) is 18.9. The lowest BCUT2D eigenvalue weighted by Crippen LogP contribution is -2.05. The maximum absolute atomic E-state index is 5.86. The van der Waals surface area contributed by atoms with Crippen molar-refractivity contribution in [3.8, 4) is 11.5 Å². The van der Waals surface area contributed by atoms with E-state index in [-0.39, 0.29) is 5.95 Å². The Labute approximate surface area is 167 Å². The van der Waals surface area contributed by atoms with Crippen molar-refractivity contribution >= 4 is 22.8 Å². The van der Waals surface area contributed by atoms with Crippen LogP contribution < -0.4 is 11.5 Å². The van der Waals surface area contributed by atoms with Crippen LogP contribution in [0.4, 0.5) is 11.6 Å². The zero-order valence-electron chi connectivity index (χ0n) is 16.2. The van der Waals surface area contributed by atoms with Gasteiger partial charge in [-0.3, -0.25) is 0 Å². The van der Waals surface area contributed by atoms with Gasteiger partial charge in [-0.1, -0.05) is 17.3 Å². The van der Waals surface area contributed by atoms with E-state index < -0.39 is 0 Å². The molecule has 1 aromatic carbocycles. The van der Waals surface area contributed by atoms with Crippen LogP contribution in [-0.4, -0.2) is 38.2 Å². The minimum atomic E-state index is 0.144. The Balaban J connectivity index is 0.000000359. The van der Waals surface area contributed by atoms with E-state index in [4.69, 9.17) is 20.6 Å². The second-order valence-electron chi connectivity index (χ2n) is 6.84. The van der Waals surface area contributed by atoms with E-state index in [9.17, 15) is 0 Å². The van der Waals surface area contributed by atoms with Crippen LogP contribution in [0.25, 0.3) is 22.6 Å². The number of aryl methyl sites for hydroxylation is 1. The molecule has 0 spiro atoms. The van der Waals surface area contributed by atoms with E-state index in [0.717, 1.165) is 30.0 Å². The first-order valence-electron chi connectivity index (χ1n) is 9.45. The predicted octanol–water partition coefficient (Wildman–Crippen LogP) is 2.80. The Morgan fingerprint density at radius 2 is 1.93 bits per heavy atom. The molecular weight excluding hydrogens is 370 g/mol. The summed E-state index contributed by atoms with van der Waals surface area (Å²) in [6.07, 6.45) is 4.13. The van der Waals surface area contributed by atoms with Gasteiger partial charge in [0.05, 0.1) is 12.8 Å². The fourth-order valence-corrected chi connectivity index (χ4v) is 3.08. The summed E-state index contributed by atoms with van der Waals surface area (Å²) in [5.74, 6) is 0.718. The smallest absolute Gasteiger partial charge is 0.222 e. The average molecular weight is 393 g/mol. The highest BCUT2D eigenvalue weighted by Gasteiger charge is 2.17. The van der Waals surface area contributed by atoms with Crippen molar-refractivity contribution in [2.75, 3.05) is 24.7 Å². The van der Waals surface area contributed by atoms with Crippen LogP contribution in [0.15, 0.2) is 41.0 Å². The molecule has 0 unspecified atom stereocenters. The molecule has 0 aliphatic carbocycles. The zero-order valence-corrected chi connectivity index (χ0v) is 16.2. The molecule has 9 heteroatoms. The minimum absolute atomic E-state index is 0.144. The maximum atomic E-state index is 5.86. The Morgan fingerprint density at radius 3 is 2.59 bits per heavy atom. The van der Waals surface area contributed by atoms with Gasteiger partial charge in [-0.25, -0.2) is 9.67 Å². The third-order valence-electron chi connectivity index (χ3n) is 4.63. The third-order valence-corrected chi connectivity index (χ3v) is 4.63.